The SMILES string of the molecule is CC(N)C1CCN(CC2CCCN(S(C)(=O)=O)C2)C1.Cl. The van der Waals surface area contributed by atoms with Gasteiger partial charge in [-0.3, -0.25) is 0 Å². The molecule has 0 spiro atoms. The van der Waals surface area contributed by atoms with Gasteiger partial charge in [-0.15, -0.1) is 12.4 Å². The minimum absolute atomic E-state index is 0. The average Bonchev–Trinajstić information content (AvgIpc) is 2.77. The molecule has 2 fully saturated rings. The Bertz CT molecular complexity index is 402. The number of piperidine rings is 1. The molecule has 5 nitrogen and oxygen atoms in total. The lowest BCUT2D eigenvalue weighted by Gasteiger charge is -2.33. The monoisotopic (exact) mass is 325 g/mol. The van der Waals surface area contributed by atoms with Gasteiger partial charge in [0.05, 0.1) is 6.26 Å². The summed E-state index contributed by atoms with van der Waals surface area (Å²) in [7, 11) is -3.02. The van der Waals surface area contributed by atoms with Crippen molar-refractivity contribution in [1.82, 2.24) is 9.21 Å². The minimum atomic E-state index is -3.02. The molecule has 2 aliphatic heterocycles. The molecule has 0 amide bonds. The fraction of sp³-hybridized carbons (Fsp3) is 1.00. The van der Waals surface area contributed by atoms with Crippen molar-refractivity contribution in [1.29, 1.82) is 0 Å². The van der Waals surface area contributed by atoms with Crippen LogP contribution >= 0.6 is 12.4 Å². The van der Waals surface area contributed by atoms with E-state index in [1.54, 1.807) is 4.31 Å². The first-order chi connectivity index (χ1) is 8.86. The molecule has 0 aromatic carbocycles. The Morgan fingerprint density at radius 3 is 2.50 bits per heavy atom. The highest BCUT2D eigenvalue weighted by atomic mass is 35.5. The highest BCUT2D eigenvalue weighted by Gasteiger charge is 2.30. The number of hydrogen-bond donors (Lipinski definition) is 1. The topological polar surface area (TPSA) is 66.6 Å². The molecule has 0 bridgehead atoms. The van der Waals surface area contributed by atoms with Gasteiger partial charge >= 0.3 is 0 Å². The Morgan fingerprint density at radius 1 is 1.25 bits per heavy atom. The smallest absolute Gasteiger partial charge is 0.211 e. The van der Waals surface area contributed by atoms with Gasteiger partial charge in [-0.05, 0) is 44.6 Å². The molecule has 0 radical (unpaired) electrons. The highest BCUT2D eigenvalue weighted by Crippen LogP contribution is 2.24. The van der Waals surface area contributed by atoms with E-state index in [1.807, 2.05) is 0 Å². The summed E-state index contributed by atoms with van der Waals surface area (Å²) in [6.45, 7) is 6.68. The van der Waals surface area contributed by atoms with E-state index in [0.29, 0.717) is 24.9 Å². The second kappa shape index (κ2) is 7.40. The molecular formula is C13H28ClN3O2S. The molecule has 0 saturated carbocycles. The first-order valence-corrected chi connectivity index (χ1v) is 9.14. The van der Waals surface area contributed by atoms with Gasteiger partial charge in [0.2, 0.25) is 10.0 Å². The molecule has 0 aliphatic carbocycles. The Kier molecular flexibility index (Phi) is 6.73. The van der Waals surface area contributed by atoms with Crippen molar-refractivity contribution in [2.75, 3.05) is 39.0 Å². The summed E-state index contributed by atoms with van der Waals surface area (Å²) in [5.41, 5.74) is 5.96. The Balaban J connectivity index is 0.00000200. The van der Waals surface area contributed by atoms with E-state index in [1.165, 1.54) is 12.7 Å². The van der Waals surface area contributed by atoms with Crippen molar-refractivity contribution in [2.24, 2.45) is 17.6 Å². The van der Waals surface area contributed by atoms with Crippen LogP contribution in [0.4, 0.5) is 0 Å². The first-order valence-electron chi connectivity index (χ1n) is 7.29. The van der Waals surface area contributed by atoms with Crippen molar-refractivity contribution < 1.29 is 8.42 Å². The number of halogens is 1. The summed E-state index contributed by atoms with van der Waals surface area (Å²) in [4.78, 5) is 2.46. The van der Waals surface area contributed by atoms with E-state index in [4.69, 9.17) is 5.73 Å². The van der Waals surface area contributed by atoms with Crippen LogP contribution in [0.25, 0.3) is 0 Å². The molecule has 0 aromatic rings. The van der Waals surface area contributed by atoms with Crippen LogP contribution in [0.2, 0.25) is 0 Å². The molecule has 20 heavy (non-hydrogen) atoms. The predicted molar refractivity (Wildman–Crippen MR) is 84.6 cm³/mol. The predicted octanol–water partition coefficient (Wildman–Crippen LogP) is 0.749. The molecule has 2 aliphatic rings. The summed E-state index contributed by atoms with van der Waals surface area (Å²) < 4.78 is 24.9. The first kappa shape index (κ1) is 18.2. The van der Waals surface area contributed by atoms with Gasteiger partial charge in [-0.25, -0.2) is 12.7 Å². The standard InChI is InChI=1S/C13H27N3O2S.ClH/c1-11(14)13-5-7-15(10-13)8-12-4-3-6-16(9-12)19(2,17)18;/h11-13H,3-10,14H2,1-2H3;1H. The number of hydrogen-bond acceptors (Lipinski definition) is 4. The zero-order valence-corrected chi connectivity index (χ0v) is 14.1. The van der Waals surface area contributed by atoms with Gasteiger partial charge in [0.1, 0.15) is 0 Å². The molecule has 2 heterocycles. The minimum Gasteiger partial charge on any atom is -0.328 e. The van der Waals surface area contributed by atoms with Crippen LogP contribution < -0.4 is 5.73 Å². The molecule has 2 N–H and O–H groups in total. The maximum Gasteiger partial charge on any atom is 0.211 e. The summed E-state index contributed by atoms with van der Waals surface area (Å²) >= 11 is 0. The van der Waals surface area contributed by atoms with Crippen LogP contribution in [0, 0.1) is 11.8 Å². The second-order valence-electron chi connectivity index (χ2n) is 6.30. The van der Waals surface area contributed by atoms with E-state index in [0.717, 1.165) is 32.5 Å². The van der Waals surface area contributed by atoms with E-state index in [-0.39, 0.29) is 18.4 Å². The van der Waals surface area contributed by atoms with Gasteiger partial charge < -0.3 is 10.6 Å². The molecule has 2 saturated heterocycles. The molecular weight excluding hydrogens is 298 g/mol. The third kappa shape index (κ3) is 4.84. The van der Waals surface area contributed by atoms with Gasteiger partial charge in [0.25, 0.3) is 0 Å². The fourth-order valence-corrected chi connectivity index (χ4v) is 4.24. The Labute approximate surface area is 129 Å². The molecule has 0 aromatic heterocycles. The Morgan fingerprint density at radius 2 is 1.95 bits per heavy atom. The normalized spacial score (nSPS) is 30.9. The van der Waals surface area contributed by atoms with E-state index < -0.39 is 10.0 Å². The molecule has 3 atom stereocenters. The van der Waals surface area contributed by atoms with Gasteiger partial charge in [0, 0.05) is 32.2 Å². The van der Waals surface area contributed by atoms with Crippen molar-refractivity contribution >= 4 is 22.4 Å². The molecule has 7 heteroatoms. The van der Waals surface area contributed by atoms with Crippen molar-refractivity contribution in [3.8, 4) is 0 Å². The third-order valence-corrected chi connectivity index (χ3v) is 5.79. The molecule has 120 valence electrons. The summed E-state index contributed by atoms with van der Waals surface area (Å²) in [6, 6.07) is 0.267. The van der Waals surface area contributed by atoms with Crippen molar-refractivity contribution in [2.45, 2.75) is 32.2 Å². The van der Waals surface area contributed by atoms with Crippen molar-refractivity contribution in [3.05, 3.63) is 0 Å². The number of rotatable bonds is 4. The zero-order valence-electron chi connectivity index (χ0n) is 12.5. The zero-order chi connectivity index (χ0) is 14.0. The van der Waals surface area contributed by atoms with Gasteiger partial charge in [-0.2, -0.15) is 0 Å². The van der Waals surface area contributed by atoms with Gasteiger partial charge in [0.15, 0.2) is 0 Å². The second-order valence-corrected chi connectivity index (χ2v) is 8.28. The largest absolute Gasteiger partial charge is 0.328 e. The van der Waals surface area contributed by atoms with Crippen molar-refractivity contribution in [3.63, 3.8) is 0 Å². The highest BCUT2D eigenvalue weighted by molar-refractivity contribution is 7.88. The van der Waals surface area contributed by atoms with Crippen LogP contribution in [0.5, 0.6) is 0 Å². The number of nitrogens with two attached hydrogens (primary N) is 1. The maximum atomic E-state index is 11.6. The molecule has 3 unspecified atom stereocenters. The maximum absolute atomic E-state index is 11.6. The van der Waals surface area contributed by atoms with Gasteiger partial charge in [-0.1, -0.05) is 0 Å². The quantitative estimate of drug-likeness (QED) is 0.828. The summed E-state index contributed by atoms with van der Waals surface area (Å²) in [5, 5.41) is 0. The van der Waals surface area contributed by atoms with Crippen LogP contribution in [-0.2, 0) is 10.0 Å². The summed E-state index contributed by atoms with van der Waals surface area (Å²) in [5.74, 6) is 1.09. The number of likely N-dealkylation sites (tertiary alicyclic amines) is 1. The lowest BCUT2D eigenvalue weighted by molar-refractivity contribution is 0.195. The summed E-state index contributed by atoms with van der Waals surface area (Å²) in [6.07, 6.45) is 4.63. The Hall–Kier alpha value is 0.120. The lowest BCUT2D eigenvalue weighted by Crippen LogP contribution is -2.43. The molecule has 2 rings (SSSR count). The van der Waals surface area contributed by atoms with Crippen LogP contribution in [-0.4, -0.2) is 62.6 Å². The number of sulfonamides is 1. The average molecular weight is 326 g/mol. The van der Waals surface area contributed by atoms with E-state index in [2.05, 4.69) is 11.8 Å². The fourth-order valence-electron chi connectivity index (χ4n) is 3.30. The number of nitrogens with zero attached hydrogens (tertiary/aromatic N) is 2. The van der Waals surface area contributed by atoms with Crippen LogP contribution in [0.15, 0.2) is 0 Å². The van der Waals surface area contributed by atoms with E-state index >= 15 is 0 Å². The lowest BCUT2D eigenvalue weighted by atomic mass is 9.99. The van der Waals surface area contributed by atoms with Crippen LogP contribution in [0.3, 0.4) is 0 Å². The van der Waals surface area contributed by atoms with Crippen LogP contribution in [0.1, 0.15) is 26.2 Å². The van der Waals surface area contributed by atoms with E-state index in [9.17, 15) is 8.42 Å². The third-order valence-electron chi connectivity index (χ3n) is 4.52.